The van der Waals surface area contributed by atoms with Gasteiger partial charge in [0.2, 0.25) is 5.88 Å². The first-order valence-electron chi connectivity index (χ1n) is 8.72. The minimum atomic E-state index is -2.18. The Kier molecular flexibility index (Phi) is 9.49. The summed E-state index contributed by atoms with van der Waals surface area (Å²) in [6.07, 6.45) is 5.04. The summed E-state index contributed by atoms with van der Waals surface area (Å²) in [6, 6.07) is 7.30. The third kappa shape index (κ3) is 6.51. The van der Waals surface area contributed by atoms with Gasteiger partial charge in [-0.25, -0.2) is 0 Å². The smallest absolute Gasteiger partial charge is 0.772 e. The van der Waals surface area contributed by atoms with Crippen LogP contribution in [0.2, 0.25) is 0 Å². The number of carbonyl (C=O) groups excluding carboxylic acids is 1. The predicted octanol–water partition coefficient (Wildman–Crippen LogP) is -0.615. The van der Waals surface area contributed by atoms with Crippen molar-refractivity contribution in [2.24, 2.45) is 0 Å². The van der Waals surface area contributed by atoms with Crippen LogP contribution >= 0.6 is 24.0 Å². The first kappa shape index (κ1) is 25.8. The molecular weight excluding hydrogens is 471 g/mol. The number of amides is 1. The van der Waals surface area contributed by atoms with Crippen molar-refractivity contribution in [3.8, 4) is 5.75 Å². The van der Waals surface area contributed by atoms with Crippen LogP contribution in [0.3, 0.4) is 0 Å². The molecule has 1 aromatic carbocycles. The van der Waals surface area contributed by atoms with Crippen molar-refractivity contribution < 1.29 is 57.8 Å². The molecule has 0 radical (unpaired) electrons. The van der Waals surface area contributed by atoms with Crippen molar-refractivity contribution in [1.29, 1.82) is 0 Å². The number of benzene rings is 1. The average molecular weight is 489 g/mol. The largest absolute Gasteiger partial charge is 1.00 e. The number of aliphatic carboxylic acids is 1. The van der Waals surface area contributed by atoms with Gasteiger partial charge in [-0.2, -0.15) is 0 Å². The van der Waals surface area contributed by atoms with Gasteiger partial charge in [-0.3, -0.25) is 18.7 Å². The molecule has 1 N–H and O–H groups in total. The molecule has 8 nitrogen and oxygen atoms in total. The third-order valence-electron chi connectivity index (χ3n) is 4.13. The summed E-state index contributed by atoms with van der Waals surface area (Å²) in [5.41, 5.74) is 1.49. The van der Waals surface area contributed by atoms with Gasteiger partial charge in [0.15, 0.2) is 5.75 Å². The van der Waals surface area contributed by atoms with E-state index in [0.29, 0.717) is 22.1 Å². The van der Waals surface area contributed by atoms with Gasteiger partial charge < -0.3 is 19.3 Å². The standard InChI is InChI=1S/C19H18N2O6S3.Na/c1-12(10-15-18(24)21(11-17(22)23)19(28)29-15)6-7-16-20(8-9-30(25)26)13-4-2-3-5-14(13)27-16;/h2-7,10H,8-9,11H2,1H3,(H,22,23)(H,25,26);/q;+1/p-1/b12-6?,15-10+,16-7?;. The van der Waals surface area contributed by atoms with E-state index in [1.807, 2.05) is 18.2 Å². The number of ether oxygens (including phenoxy) is 1. The molecule has 0 bridgehead atoms. The van der Waals surface area contributed by atoms with Gasteiger partial charge in [0.25, 0.3) is 5.91 Å². The Hall–Kier alpha value is -1.47. The number of hydrogen-bond donors (Lipinski definition) is 1. The number of thioether (sulfide) groups is 1. The fraction of sp³-hybridized carbons (Fsp3) is 0.211. The van der Waals surface area contributed by atoms with Crippen molar-refractivity contribution in [1.82, 2.24) is 4.90 Å². The fourth-order valence-electron chi connectivity index (χ4n) is 2.80. The molecule has 1 atom stereocenters. The molecule has 1 unspecified atom stereocenters. The van der Waals surface area contributed by atoms with Crippen molar-refractivity contribution in [3.05, 3.63) is 58.9 Å². The van der Waals surface area contributed by atoms with E-state index < -0.39 is 29.5 Å². The van der Waals surface area contributed by atoms with E-state index in [1.165, 1.54) is 0 Å². The van der Waals surface area contributed by atoms with E-state index in [1.54, 1.807) is 36.1 Å². The second-order valence-electron chi connectivity index (χ2n) is 6.31. The number of fused-ring (bicyclic) bond motifs is 1. The third-order valence-corrected chi connectivity index (χ3v) is 6.03. The second-order valence-corrected chi connectivity index (χ2v) is 9.00. The average Bonchev–Trinajstić information content (AvgIpc) is 3.16. The van der Waals surface area contributed by atoms with E-state index in [2.05, 4.69) is 0 Å². The zero-order valence-electron chi connectivity index (χ0n) is 16.8. The number of carbonyl (C=O) groups is 2. The maximum Gasteiger partial charge on any atom is 1.00 e. The van der Waals surface area contributed by atoms with Crippen molar-refractivity contribution in [2.45, 2.75) is 6.92 Å². The molecule has 31 heavy (non-hydrogen) atoms. The van der Waals surface area contributed by atoms with E-state index in [0.717, 1.165) is 22.3 Å². The van der Waals surface area contributed by atoms with E-state index in [4.69, 9.17) is 22.1 Å². The number of allylic oxidation sites excluding steroid dienone is 4. The van der Waals surface area contributed by atoms with E-state index >= 15 is 0 Å². The Morgan fingerprint density at radius 2 is 2.06 bits per heavy atom. The second kappa shape index (κ2) is 11.4. The molecule has 0 aliphatic carbocycles. The van der Waals surface area contributed by atoms with Crippen molar-refractivity contribution >= 4 is 56.9 Å². The summed E-state index contributed by atoms with van der Waals surface area (Å²) in [7, 11) is 0. The molecule has 2 heterocycles. The molecule has 0 spiro atoms. The summed E-state index contributed by atoms with van der Waals surface area (Å²) < 4.78 is 28.0. The van der Waals surface area contributed by atoms with Crippen LogP contribution in [0.1, 0.15) is 6.92 Å². The molecule has 0 saturated carbocycles. The van der Waals surface area contributed by atoms with Crippen LogP contribution in [0.15, 0.2) is 58.9 Å². The van der Waals surface area contributed by atoms with Crippen LogP contribution in [0.25, 0.3) is 0 Å². The summed E-state index contributed by atoms with van der Waals surface area (Å²) in [5.74, 6) is -0.545. The Balaban J connectivity index is 0.00000341. The Bertz CT molecular complexity index is 1020. The fourth-order valence-corrected chi connectivity index (χ4v) is 4.44. The molecule has 12 heteroatoms. The van der Waals surface area contributed by atoms with Crippen LogP contribution in [0.5, 0.6) is 5.75 Å². The van der Waals surface area contributed by atoms with Gasteiger partial charge in [-0.05, 0) is 36.8 Å². The number of hydrogen-bond acceptors (Lipinski definition) is 8. The number of anilines is 1. The normalized spacial score (nSPS) is 19.5. The molecule has 0 aromatic heterocycles. The van der Waals surface area contributed by atoms with Crippen LogP contribution < -0.4 is 39.2 Å². The monoisotopic (exact) mass is 488 g/mol. The maximum absolute atomic E-state index is 12.3. The van der Waals surface area contributed by atoms with E-state index in [9.17, 15) is 18.4 Å². The molecule has 158 valence electrons. The Labute approximate surface area is 213 Å². The Morgan fingerprint density at radius 3 is 2.74 bits per heavy atom. The van der Waals surface area contributed by atoms with Crippen LogP contribution in [-0.4, -0.2) is 53.8 Å². The zero-order valence-corrected chi connectivity index (χ0v) is 21.2. The zero-order chi connectivity index (χ0) is 21.8. The minimum Gasteiger partial charge on any atom is -0.772 e. The number of para-hydroxylation sites is 2. The van der Waals surface area contributed by atoms with Gasteiger partial charge in [-0.1, -0.05) is 53.3 Å². The van der Waals surface area contributed by atoms with Crippen molar-refractivity contribution in [2.75, 3.05) is 23.7 Å². The first-order chi connectivity index (χ1) is 14.3. The molecular formula is C19H17N2NaO6S3. The van der Waals surface area contributed by atoms with Gasteiger partial charge in [0.05, 0.1) is 10.6 Å². The van der Waals surface area contributed by atoms with Crippen molar-refractivity contribution in [3.63, 3.8) is 0 Å². The molecule has 2 aliphatic heterocycles. The number of thiocarbonyl (C=S) groups is 1. The van der Waals surface area contributed by atoms with E-state index in [-0.39, 0.29) is 46.2 Å². The predicted molar refractivity (Wildman–Crippen MR) is 118 cm³/mol. The summed E-state index contributed by atoms with van der Waals surface area (Å²) in [6.45, 7) is 1.54. The van der Waals surface area contributed by atoms with Gasteiger partial charge in [0, 0.05) is 12.3 Å². The number of nitrogens with zero attached hydrogens (tertiary/aromatic N) is 2. The number of rotatable bonds is 7. The minimum absolute atomic E-state index is 0. The molecule has 1 saturated heterocycles. The first-order valence-corrected chi connectivity index (χ1v) is 11.2. The summed E-state index contributed by atoms with van der Waals surface area (Å²) in [4.78, 5) is 26.4. The maximum atomic E-state index is 12.3. The molecule has 1 aromatic rings. The van der Waals surface area contributed by atoms with Gasteiger partial charge in [-0.15, -0.1) is 0 Å². The molecule has 1 fully saturated rings. The summed E-state index contributed by atoms with van der Waals surface area (Å²) in [5, 5.41) is 8.90. The number of carboxylic acids is 1. The topological polar surface area (TPSA) is 110 Å². The molecule has 2 aliphatic rings. The van der Waals surface area contributed by atoms with Gasteiger partial charge in [0.1, 0.15) is 10.9 Å². The van der Waals surface area contributed by atoms with Gasteiger partial charge >= 0.3 is 35.5 Å². The number of carboxylic acid groups (broad SMARTS) is 1. The SMILES string of the molecule is CC(=CC=C1Oc2ccccc2N1CCS(=O)[O-])/C=C1/SC(=S)N(CC(=O)O)C1=O.[Na+]. The van der Waals surface area contributed by atoms with Crippen LogP contribution in [0.4, 0.5) is 5.69 Å². The Morgan fingerprint density at radius 1 is 1.35 bits per heavy atom. The van der Waals surface area contributed by atoms with Crippen LogP contribution in [-0.2, 0) is 20.7 Å². The van der Waals surface area contributed by atoms with Crippen LogP contribution in [0, 0.1) is 0 Å². The summed E-state index contributed by atoms with van der Waals surface area (Å²) >= 11 is 3.94. The molecule has 3 rings (SSSR count). The quantitative estimate of drug-likeness (QED) is 0.233. The molecule has 1 amide bonds.